The van der Waals surface area contributed by atoms with Gasteiger partial charge in [-0.25, -0.2) is 0 Å². The highest BCUT2D eigenvalue weighted by Crippen LogP contribution is 2.48. The molecule has 0 bridgehead atoms. The molecule has 32 heavy (non-hydrogen) atoms. The van der Waals surface area contributed by atoms with E-state index in [0.717, 1.165) is 50.7 Å². The number of aliphatic hydroxyl groups is 3. The van der Waals surface area contributed by atoms with Crippen molar-refractivity contribution in [3.8, 4) is 5.75 Å². The number of hydrogen-bond acceptors (Lipinski definition) is 6. The lowest BCUT2D eigenvalue weighted by atomic mass is 9.73. The zero-order valence-corrected chi connectivity index (χ0v) is 19.7. The maximum Gasteiger partial charge on any atom is 0.189 e. The van der Waals surface area contributed by atoms with Crippen molar-refractivity contribution in [1.82, 2.24) is 0 Å². The van der Waals surface area contributed by atoms with Crippen LogP contribution in [0.2, 0.25) is 0 Å². The van der Waals surface area contributed by atoms with Crippen molar-refractivity contribution in [2.75, 3.05) is 26.9 Å². The quantitative estimate of drug-likeness (QED) is 0.297. The highest BCUT2D eigenvalue weighted by atomic mass is 16.6. The summed E-state index contributed by atoms with van der Waals surface area (Å²) in [6, 6.07) is 6.12. The van der Waals surface area contributed by atoms with E-state index in [9.17, 15) is 15.3 Å². The van der Waals surface area contributed by atoms with Crippen molar-refractivity contribution < 1.29 is 29.5 Å². The first-order valence-electron chi connectivity index (χ1n) is 12.4. The molecule has 2 aliphatic carbocycles. The van der Waals surface area contributed by atoms with Gasteiger partial charge in [-0.3, -0.25) is 0 Å². The zero-order chi connectivity index (χ0) is 22.9. The zero-order valence-electron chi connectivity index (χ0n) is 19.7. The Kier molecular flexibility index (Phi) is 10.3. The third-order valence-corrected chi connectivity index (χ3v) is 7.30. The summed E-state index contributed by atoms with van der Waals surface area (Å²) in [5, 5.41) is 31.1. The van der Waals surface area contributed by atoms with Gasteiger partial charge in [0, 0.05) is 7.11 Å². The summed E-state index contributed by atoms with van der Waals surface area (Å²) in [5.41, 5.74) is 2.48. The van der Waals surface area contributed by atoms with Crippen LogP contribution in [-0.2, 0) is 22.3 Å². The van der Waals surface area contributed by atoms with Gasteiger partial charge in [-0.1, -0.05) is 38.3 Å². The van der Waals surface area contributed by atoms with Crippen LogP contribution < -0.4 is 4.74 Å². The third-order valence-electron chi connectivity index (χ3n) is 7.30. The van der Waals surface area contributed by atoms with Crippen molar-refractivity contribution in [2.45, 2.75) is 83.2 Å². The fourth-order valence-corrected chi connectivity index (χ4v) is 5.58. The van der Waals surface area contributed by atoms with E-state index >= 15 is 0 Å². The lowest BCUT2D eigenvalue weighted by Crippen LogP contribution is -2.28. The largest absolute Gasteiger partial charge is 0.488 e. The summed E-state index contributed by atoms with van der Waals surface area (Å²) in [5.74, 6) is 1.96. The average Bonchev–Trinajstić information content (AvgIpc) is 3.09. The molecule has 6 heteroatoms. The molecule has 182 valence electrons. The number of rotatable bonds is 14. The first kappa shape index (κ1) is 25.4. The van der Waals surface area contributed by atoms with E-state index in [1.165, 1.54) is 24.0 Å². The van der Waals surface area contributed by atoms with E-state index in [1.807, 2.05) is 12.1 Å². The molecule has 6 atom stereocenters. The molecule has 0 amide bonds. The van der Waals surface area contributed by atoms with Crippen LogP contribution in [0.25, 0.3) is 0 Å². The van der Waals surface area contributed by atoms with E-state index < -0.39 is 6.29 Å². The molecule has 0 aromatic heterocycles. The highest BCUT2D eigenvalue weighted by Gasteiger charge is 2.44. The summed E-state index contributed by atoms with van der Waals surface area (Å²) in [6.07, 6.45) is 7.10. The summed E-state index contributed by atoms with van der Waals surface area (Å²) >= 11 is 0. The Morgan fingerprint density at radius 3 is 2.72 bits per heavy atom. The number of ether oxygens (including phenoxy) is 3. The van der Waals surface area contributed by atoms with Gasteiger partial charge < -0.3 is 29.5 Å². The summed E-state index contributed by atoms with van der Waals surface area (Å²) in [6.45, 7) is 3.01. The molecule has 2 aliphatic rings. The fourth-order valence-electron chi connectivity index (χ4n) is 5.58. The van der Waals surface area contributed by atoms with Gasteiger partial charge >= 0.3 is 0 Å². The molecule has 0 spiro atoms. The lowest BCUT2D eigenvalue weighted by molar-refractivity contribution is -0.127. The molecule has 6 nitrogen and oxygen atoms in total. The molecule has 0 radical (unpaired) electrons. The smallest absolute Gasteiger partial charge is 0.189 e. The number of benzene rings is 1. The average molecular weight is 451 g/mol. The maximum absolute atomic E-state index is 10.8. The lowest BCUT2D eigenvalue weighted by Gasteiger charge is -2.32. The second-order valence-electron chi connectivity index (χ2n) is 9.55. The molecular weight excluding hydrogens is 408 g/mol. The second kappa shape index (κ2) is 12.9. The normalized spacial score (nSPS) is 26.4. The van der Waals surface area contributed by atoms with Crippen molar-refractivity contribution >= 4 is 0 Å². The number of aliphatic hydroxyl groups excluding tert-OH is 3. The van der Waals surface area contributed by atoms with Gasteiger partial charge in [-0.2, -0.15) is 0 Å². The van der Waals surface area contributed by atoms with E-state index in [4.69, 9.17) is 14.2 Å². The van der Waals surface area contributed by atoms with Crippen LogP contribution in [-0.4, -0.2) is 60.7 Å². The standard InChI is InChI=1S/C26H42O6/c1-3-4-5-8-20(27)10-11-21-22-14-18-7-6-9-25(23(18)15-19(22)16-24(21)28)32-17-26(29)31-13-12-30-2/h6-7,9,19-22,24,26-29H,3-5,8,10-17H2,1-2H3/t19-,20-,21+,22-,24+,26?/m0/s1. The first-order chi connectivity index (χ1) is 15.5. The van der Waals surface area contributed by atoms with Gasteiger partial charge in [0.2, 0.25) is 0 Å². The SMILES string of the molecule is CCCCC[C@H](O)CC[C@@H]1[C@H]2Cc3cccc(OCC(O)OCCOC)c3C[C@H]2C[C@H]1O. The minimum atomic E-state index is -0.987. The van der Waals surface area contributed by atoms with Crippen molar-refractivity contribution in [3.05, 3.63) is 29.3 Å². The van der Waals surface area contributed by atoms with E-state index in [2.05, 4.69) is 13.0 Å². The van der Waals surface area contributed by atoms with Gasteiger partial charge in [0.25, 0.3) is 0 Å². The molecule has 1 unspecified atom stereocenters. The molecule has 0 saturated heterocycles. The fraction of sp³-hybridized carbons (Fsp3) is 0.769. The summed E-state index contributed by atoms with van der Waals surface area (Å²) in [7, 11) is 1.59. The van der Waals surface area contributed by atoms with Crippen molar-refractivity contribution in [2.24, 2.45) is 17.8 Å². The van der Waals surface area contributed by atoms with Gasteiger partial charge in [-0.05, 0) is 73.5 Å². The molecular formula is C26H42O6. The van der Waals surface area contributed by atoms with E-state index in [1.54, 1.807) is 7.11 Å². The monoisotopic (exact) mass is 450 g/mol. The molecule has 1 aromatic carbocycles. The number of methoxy groups -OCH3 is 1. The Morgan fingerprint density at radius 2 is 1.94 bits per heavy atom. The van der Waals surface area contributed by atoms with Crippen molar-refractivity contribution in [1.29, 1.82) is 0 Å². The Balaban J connectivity index is 1.56. The molecule has 0 aliphatic heterocycles. The van der Waals surface area contributed by atoms with Crippen molar-refractivity contribution in [3.63, 3.8) is 0 Å². The predicted octanol–water partition coefficient (Wildman–Crippen LogP) is 3.48. The minimum absolute atomic E-state index is 0.0788. The summed E-state index contributed by atoms with van der Waals surface area (Å²) in [4.78, 5) is 0. The number of fused-ring (bicyclic) bond motifs is 2. The van der Waals surface area contributed by atoms with Gasteiger partial charge in [0.05, 0.1) is 25.4 Å². The van der Waals surface area contributed by atoms with E-state index in [0.29, 0.717) is 25.0 Å². The number of hydrogen-bond donors (Lipinski definition) is 3. The maximum atomic E-state index is 10.8. The number of unbranched alkanes of at least 4 members (excludes halogenated alkanes) is 2. The molecule has 1 fully saturated rings. The van der Waals surface area contributed by atoms with Crippen LogP contribution >= 0.6 is 0 Å². The first-order valence-corrected chi connectivity index (χ1v) is 12.4. The second-order valence-corrected chi connectivity index (χ2v) is 9.55. The molecule has 3 N–H and O–H groups in total. The van der Waals surface area contributed by atoms with Crippen LogP contribution in [0.15, 0.2) is 18.2 Å². The van der Waals surface area contributed by atoms with Crippen LogP contribution in [0.5, 0.6) is 5.75 Å². The molecule has 0 heterocycles. The van der Waals surface area contributed by atoms with Gasteiger partial charge in [0.1, 0.15) is 12.4 Å². The topological polar surface area (TPSA) is 88.4 Å². The molecule has 1 saturated carbocycles. The Labute approximate surface area is 192 Å². The highest BCUT2D eigenvalue weighted by molar-refractivity contribution is 5.43. The van der Waals surface area contributed by atoms with Crippen LogP contribution in [0.4, 0.5) is 0 Å². The van der Waals surface area contributed by atoms with Gasteiger partial charge in [-0.15, -0.1) is 0 Å². The molecule has 1 aromatic rings. The van der Waals surface area contributed by atoms with Crippen LogP contribution in [0, 0.1) is 17.8 Å². The Hall–Kier alpha value is -1.18. The van der Waals surface area contributed by atoms with Crippen LogP contribution in [0.3, 0.4) is 0 Å². The molecule has 3 rings (SSSR count). The van der Waals surface area contributed by atoms with Crippen LogP contribution in [0.1, 0.15) is 63.0 Å². The Bertz CT molecular complexity index is 680. The Morgan fingerprint density at radius 1 is 1.09 bits per heavy atom. The summed E-state index contributed by atoms with van der Waals surface area (Å²) < 4.78 is 16.1. The van der Waals surface area contributed by atoms with E-state index in [-0.39, 0.29) is 24.7 Å². The predicted molar refractivity (Wildman–Crippen MR) is 124 cm³/mol. The third kappa shape index (κ3) is 6.91. The van der Waals surface area contributed by atoms with Gasteiger partial charge in [0.15, 0.2) is 6.29 Å². The minimum Gasteiger partial charge on any atom is -0.488 e.